The number of amides is 1. The number of halogens is 3. The average molecular weight is 317 g/mol. The molecule has 1 aromatic rings. The van der Waals surface area contributed by atoms with Crippen LogP contribution in [-0.4, -0.2) is 35.2 Å². The van der Waals surface area contributed by atoms with Crippen molar-refractivity contribution in [1.29, 1.82) is 0 Å². The maximum atomic E-state index is 12.8. The SMILES string of the molecule is O=C(NCCNc1ncccc1C(F)(F)F)C1CCCC1O. The highest BCUT2D eigenvalue weighted by Crippen LogP contribution is 2.33. The zero-order valence-electron chi connectivity index (χ0n) is 11.9. The zero-order chi connectivity index (χ0) is 16.2. The Balaban J connectivity index is 1.81. The number of nitrogens with zero attached hydrogens (tertiary/aromatic N) is 1. The summed E-state index contributed by atoms with van der Waals surface area (Å²) < 4.78 is 38.3. The predicted molar refractivity (Wildman–Crippen MR) is 74.1 cm³/mol. The molecule has 1 amide bonds. The maximum Gasteiger partial charge on any atom is 0.419 e. The molecule has 1 saturated carbocycles. The summed E-state index contributed by atoms with van der Waals surface area (Å²) in [5, 5.41) is 14.8. The Kier molecular flexibility index (Phi) is 5.23. The van der Waals surface area contributed by atoms with E-state index in [1.54, 1.807) is 0 Å². The molecule has 1 aromatic heterocycles. The second kappa shape index (κ2) is 6.95. The minimum atomic E-state index is -4.48. The first-order chi connectivity index (χ1) is 10.4. The summed E-state index contributed by atoms with van der Waals surface area (Å²) in [5.41, 5.74) is -0.840. The third kappa shape index (κ3) is 4.09. The molecule has 0 bridgehead atoms. The lowest BCUT2D eigenvalue weighted by molar-refractivity contribution is -0.137. The summed E-state index contributed by atoms with van der Waals surface area (Å²) in [6.07, 6.45) is -1.78. The fourth-order valence-electron chi connectivity index (χ4n) is 2.52. The Hall–Kier alpha value is -1.83. The fourth-order valence-corrected chi connectivity index (χ4v) is 2.52. The molecule has 0 aromatic carbocycles. The van der Waals surface area contributed by atoms with Crippen molar-refractivity contribution in [3.8, 4) is 0 Å². The van der Waals surface area contributed by atoms with E-state index in [1.165, 1.54) is 12.3 Å². The van der Waals surface area contributed by atoms with Crippen LogP contribution in [-0.2, 0) is 11.0 Å². The van der Waals surface area contributed by atoms with Gasteiger partial charge in [0.15, 0.2) is 0 Å². The van der Waals surface area contributed by atoms with Gasteiger partial charge in [0, 0.05) is 19.3 Å². The Morgan fingerprint density at radius 1 is 1.36 bits per heavy atom. The molecule has 1 aliphatic carbocycles. The minimum Gasteiger partial charge on any atom is -0.392 e. The van der Waals surface area contributed by atoms with E-state index in [4.69, 9.17) is 0 Å². The van der Waals surface area contributed by atoms with Gasteiger partial charge < -0.3 is 15.7 Å². The quantitative estimate of drug-likeness (QED) is 0.724. The van der Waals surface area contributed by atoms with Gasteiger partial charge in [-0.1, -0.05) is 0 Å². The molecule has 122 valence electrons. The molecule has 3 N–H and O–H groups in total. The van der Waals surface area contributed by atoms with Gasteiger partial charge in [-0.05, 0) is 31.4 Å². The first-order valence-corrected chi connectivity index (χ1v) is 7.11. The molecule has 1 aliphatic rings. The number of pyridine rings is 1. The van der Waals surface area contributed by atoms with Crippen molar-refractivity contribution in [2.45, 2.75) is 31.5 Å². The van der Waals surface area contributed by atoms with Crippen LogP contribution >= 0.6 is 0 Å². The summed E-state index contributed by atoms with van der Waals surface area (Å²) in [4.78, 5) is 15.5. The lowest BCUT2D eigenvalue weighted by atomic mass is 10.1. The van der Waals surface area contributed by atoms with Gasteiger partial charge in [-0.3, -0.25) is 4.79 Å². The van der Waals surface area contributed by atoms with E-state index in [1.807, 2.05) is 0 Å². The lowest BCUT2D eigenvalue weighted by Crippen LogP contribution is -2.37. The Morgan fingerprint density at radius 2 is 2.14 bits per heavy atom. The molecular weight excluding hydrogens is 299 g/mol. The largest absolute Gasteiger partial charge is 0.419 e. The standard InChI is InChI=1S/C14H18F3N3O2/c15-14(16,17)10-4-2-6-18-12(10)19-7-8-20-13(22)9-3-1-5-11(9)21/h2,4,6,9,11,21H,1,3,5,7-8H2,(H,18,19)(H,20,22). The highest BCUT2D eigenvalue weighted by atomic mass is 19.4. The summed E-state index contributed by atoms with van der Waals surface area (Å²) >= 11 is 0. The summed E-state index contributed by atoms with van der Waals surface area (Å²) in [7, 11) is 0. The number of anilines is 1. The molecule has 2 atom stereocenters. The topological polar surface area (TPSA) is 74.2 Å². The van der Waals surface area contributed by atoms with Crippen molar-refractivity contribution in [1.82, 2.24) is 10.3 Å². The van der Waals surface area contributed by atoms with Crippen molar-refractivity contribution in [2.75, 3.05) is 18.4 Å². The Morgan fingerprint density at radius 3 is 2.77 bits per heavy atom. The van der Waals surface area contributed by atoms with E-state index in [0.717, 1.165) is 12.5 Å². The van der Waals surface area contributed by atoms with Crippen LogP contribution in [0.2, 0.25) is 0 Å². The molecule has 0 spiro atoms. The van der Waals surface area contributed by atoms with Gasteiger partial charge in [-0.15, -0.1) is 0 Å². The number of aromatic nitrogens is 1. The van der Waals surface area contributed by atoms with Crippen LogP contribution in [0.15, 0.2) is 18.3 Å². The van der Waals surface area contributed by atoms with Crippen molar-refractivity contribution in [3.05, 3.63) is 23.9 Å². The second-order valence-electron chi connectivity index (χ2n) is 5.22. The van der Waals surface area contributed by atoms with E-state index < -0.39 is 23.8 Å². The molecule has 2 rings (SSSR count). The molecule has 1 fully saturated rings. The predicted octanol–water partition coefficient (Wildman–Crippen LogP) is 1.79. The normalized spacial score (nSPS) is 21.6. The molecule has 8 heteroatoms. The molecule has 2 unspecified atom stereocenters. The Labute approximate surface area is 125 Å². The number of nitrogens with one attached hydrogen (secondary N) is 2. The maximum absolute atomic E-state index is 12.8. The van der Waals surface area contributed by atoms with Crippen molar-refractivity contribution in [2.24, 2.45) is 5.92 Å². The van der Waals surface area contributed by atoms with Gasteiger partial charge in [0.1, 0.15) is 5.82 Å². The first kappa shape index (κ1) is 16.5. The molecular formula is C14H18F3N3O2. The van der Waals surface area contributed by atoms with Gasteiger partial charge >= 0.3 is 6.18 Å². The van der Waals surface area contributed by atoms with E-state index in [2.05, 4.69) is 15.6 Å². The van der Waals surface area contributed by atoms with Crippen LogP contribution in [0.1, 0.15) is 24.8 Å². The summed E-state index contributed by atoms with van der Waals surface area (Å²) in [6, 6.07) is 2.17. The van der Waals surface area contributed by atoms with Crippen LogP contribution in [0.4, 0.5) is 19.0 Å². The number of carbonyl (C=O) groups is 1. The molecule has 1 heterocycles. The highest BCUT2D eigenvalue weighted by Gasteiger charge is 2.34. The summed E-state index contributed by atoms with van der Waals surface area (Å²) in [5.74, 6) is -0.936. The Bertz CT molecular complexity index is 522. The zero-order valence-corrected chi connectivity index (χ0v) is 11.9. The van der Waals surface area contributed by atoms with Crippen LogP contribution < -0.4 is 10.6 Å². The number of aliphatic hydroxyl groups excluding tert-OH is 1. The van der Waals surface area contributed by atoms with Crippen molar-refractivity contribution >= 4 is 11.7 Å². The summed E-state index contributed by atoms with van der Waals surface area (Å²) in [6.45, 7) is 0.282. The number of carbonyl (C=O) groups excluding carboxylic acids is 1. The van der Waals surface area contributed by atoms with Crippen LogP contribution in [0.25, 0.3) is 0 Å². The number of rotatable bonds is 5. The molecule has 0 saturated heterocycles. The van der Waals surface area contributed by atoms with E-state index in [-0.39, 0.29) is 24.8 Å². The van der Waals surface area contributed by atoms with Crippen LogP contribution in [0.5, 0.6) is 0 Å². The lowest BCUT2D eigenvalue weighted by Gasteiger charge is -2.16. The van der Waals surface area contributed by atoms with Crippen molar-refractivity contribution < 1.29 is 23.1 Å². The van der Waals surface area contributed by atoms with Gasteiger partial charge in [0.2, 0.25) is 5.91 Å². The van der Waals surface area contributed by atoms with Crippen LogP contribution in [0, 0.1) is 5.92 Å². The number of hydrogen-bond donors (Lipinski definition) is 3. The molecule has 22 heavy (non-hydrogen) atoms. The monoisotopic (exact) mass is 317 g/mol. The van der Waals surface area contributed by atoms with Gasteiger partial charge in [-0.2, -0.15) is 13.2 Å². The van der Waals surface area contributed by atoms with Crippen molar-refractivity contribution in [3.63, 3.8) is 0 Å². The van der Waals surface area contributed by atoms with E-state index >= 15 is 0 Å². The highest BCUT2D eigenvalue weighted by molar-refractivity contribution is 5.79. The minimum absolute atomic E-state index is 0.120. The van der Waals surface area contributed by atoms with E-state index in [9.17, 15) is 23.1 Å². The molecule has 0 radical (unpaired) electrons. The third-order valence-electron chi connectivity index (χ3n) is 3.65. The third-order valence-corrected chi connectivity index (χ3v) is 3.65. The smallest absolute Gasteiger partial charge is 0.392 e. The van der Waals surface area contributed by atoms with Gasteiger partial charge in [-0.25, -0.2) is 4.98 Å². The fraction of sp³-hybridized carbons (Fsp3) is 0.571. The molecule has 5 nitrogen and oxygen atoms in total. The first-order valence-electron chi connectivity index (χ1n) is 7.11. The number of aliphatic hydroxyl groups is 1. The molecule has 0 aliphatic heterocycles. The second-order valence-corrected chi connectivity index (χ2v) is 5.22. The average Bonchev–Trinajstić information content (AvgIpc) is 2.89. The van der Waals surface area contributed by atoms with Gasteiger partial charge in [0.05, 0.1) is 17.6 Å². The number of hydrogen-bond acceptors (Lipinski definition) is 4. The van der Waals surface area contributed by atoms with Gasteiger partial charge in [0.25, 0.3) is 0 Å². The van der Waals surface area contributed by atoms with E-state index in [0.29, 0.717) is 12.8 Å². The number of alkyl halides is 3. The van der Waals surface area contributed by atoms with Crippen LogP contribution in [0.3, 0.4) is 0 Å².